The summed E-state index contributed by atoms with van der Waals surface area (Å²) in [5, 5.41) is 5.91. The number of nitrogens with one attached hydrogen (secondary N) is 2. The number of hydrogen-bond donors (Lipinski definition) is 2. The minimum Gasteiger partial charge on any atom is -0.353 e. The largest absolute Gasteiger partial charge is 0.353 e. The van der Waals surface area contributed by atoms with Gasteiger partial charge in [-0.25, -0.2) is 0 Å². The number of rotatable bonds is 8. The fraction of sp³-hybridized carbons (Fsp3) is 0.250. The Bertz CT molecular complexity index is 1040. The lowest BCUT2D eigenvalue weighted by atomic mass is 10.4. The standard InChI is InChI=1S/2C16H23NSi2/c2*1-18(2,15-11-7-5-8-12-15)17-19(3,4)16-13-9-6-10-14-16/h2*5-14,17H,1-4H3. The molecule has 0 atom stereocenters. The van der Waals surface area contributed by atoms with Crippen LogP contribution in [0.25, 0.3) is 0 Å². The van der Waals surface area contributed by atoms with Crippen LogP contribution in [0.1, 0.15) is 0 Å². The summed E-state index contributed by atoms with van der Waals surface area (Å²) in [6, 6.07) is 43.6. The zero-order chi connectivity index (χ0) is 27.9. The van der Waals surface area contributed by atoms with Crippen LogP contribution in [0.4, 0.5) is 0 Å². The first-order chi connectivity index (χ1) is 17.8. The molecule has 0 amide bonds. The van der Waals surface area contributed by atoms with Crippen molar-refractivity contribution in [3.63, 3.8) is 0 Å². The van der Waals surface area contributed by atoms with E-state index >= 15 is 0 Å². The van der Waals surface area contributed by atoms with Crippen molar-refractivity contribution < 1.29 is 0 Å². The second kappa shape index (κ2) is 12.7. The Morgan fingerprint density at radius 2 is 0.447 bits per heavy atom. The van der Waals surface area contributed by atoms with Crippen molar-refractivity contribution in [2.45, 2.75) is 52.4 Å². The minimum absolute atomic E-state index is 1.48. The topological polar surface area (TPSA) is 24.1 Å². The van der Waals surface area contributed by atoms with Gasteiger partial charge in [-0.2, -0.15) is 0 Å². The van der Waals surface area contributed by atoms with E-state index in [1.807, 2.05) is 0 Å². The molecule has 200 valence electrons. The van der Waals surface area contributed by atoms with Crippen LogP contribution in [0.3, 0.4) is 0 Å². The van der Waals surface area contributed by atoms with Crippen molar-refractivity contribution in [2.24, 2.45) is 0 Å². The Kier molecular flexibility index (Phi) is 10.1. The second-order valence-corrected chi connectivity index (χ2v) is 29.5. The normalized spacial score (nSPS) is 12.4. The lowest BCUT2D eigenvalue weighted by Gasteiger charge is -2.35. The van der Waals surface area contributed by atoms with E-state index in [0.29, 0.717) is 0 Å². The van der Waals surface area contributed by atoms with E-state index in [-0.39, 0.29) is 0 Å². The average Bonchev–Trinajstić information content (AvgIpc) is 2.90. The van der Waals surface area contributed by atoms with E-state index in [1.54, 1.807) is 0 Å². The maximum Gasteiger partial charge on any atom is 0.145 e. The van der Waals surface area contributed by atoms with Gasteiger partial charge in [0, 0.05) is 0 Å². The van der Waals surface area contributed by atoms with E-state index in [4.69, 9.17) is 0 Å². The van der Waals surface area contributed by atoms with Gasteiger partial charge in [-0.1, -0.05) is 174 Å². The molecule has 0 aliphatic carbocycles. The molecule has 6 heteroatoms. The highest BCUT2D eigenvalue weighted by Crippen LogP contribution is 2.08. The van der Waals surface area contributed by atoms with Crippen LogP contribution in [-0.4, -0.2) is 32.9 Å². The first-order valence-electron chi connectivity index (χ1n) is 13.6. The van der Waals surface area contributed by atoms with E-state index in [2.05, 4.69) is 183 Å². The summed E-state index contributed by atoms with van der Waals surface area (Å²) >= 11 is 0. The van der Waals surface area contributed by atoms with Gasteiger partial charge in [0.05, 0.1) is 0 Å². The van der Waals surface area contributed by atoms with Crippen LogP contribution in [0.5, 0.6) is 0 Å². The molecule has 0 spiro atoms. The molecule has 0 saturated carbocycles. The maximum atomic E-state index is 4.04. The smallest absolute Gasteiger partial charge is 0.145 e. The first-order valence-corrected chi connectivity index (χ1v) is 25.6. The Morgan fingerprint density at radius 3 is 0.605 bits per heavy atom. The molecule has 4 aromatic rings. The first kappa shape index (κ1) is 30.2. The molecule has 0 unspecified atom stereocenters. The molecule has 4 aromatic carbocycles. The van der Waals surface area contributed by atoms with Gasteiger partial charge in [0.25, 0.3) is 0 Å². The van der Waals surface area contributed by atoms with Gasteiger partial charge < -0.3 is 9.30 Å². The van der Waals surface area contributed by atoms with Crippen LogP contribution in [0.2, 0.25) is 52.4 Å². The van der Waals surface area contributed by atoms with Gasteiger partial charge in [0.2, 0.25) is 0 Å². The Morgan fingerprint density at radius 1 is 0.289 bits per heavy atom. The van der Waals surface area contributed by atoms with Gasteiger partial charge in [0.1, 0.15) is 32.9 Å². The van der Waals surface area contributed by atoms with Crippen LogP contribution in [-0.2, 0) is 0 Å². The fourth-order valence-corrected chi connectivity index (χ4v) is 24.2. The van der Waals surface area contributed by atoms with E-state index in [9.17, 15) is 0 Å². The van der Waals surface area contributed by atoms with Crippen LogP contribution in [0, 0.1) is 0 Å². The van der Waals surface area contributed by atoms with Crippen molar-refractivity contribution in [1.29, 1.82) is 0 Å². The summed E-state index contributed by atoms with van der Waals surface area (Å²) in [6.45, 7) is 19.2. The molecule has 0 fully saturated rings. The van der Waals surface area contributed by atoms with Crippen LogP contribution >= 0.6 is 0 Å². The molecule has 2 nitrogen and oxygen atoms in total. The third kappa shape index (κ3) is 8.33. The van der Waals surface area contributed by atoms with E-state index < -0.39 is 32.9 Å². The van der Waals surface area contributed by atoms with Crippen molar-refractivity contribution in [1.82, 2.24) is 9.30 Å². The predicted octanol–water partition coefficient (Wildman–Crippen LogP) is 5.60. The summed E-state index contributed by atoms with van der Waals surface area (Å²) in [6.07, 6.45) is 0. The highest BCUT2D eigenvalue weighted by Gasteiger charge is 2.34. The molecule has 0 radical (unpaired) electrons. The number of benzene rings is 4. The highest BCUT2D eigenvalue weighted by molar-refractivity contribution is 7.03. The van der Waals surface area contributed by atoms with Crippen molar-refractivity contribution in [3.05, 3.63) is 121 Å². The second-order valence-electron chi connectivity index (χ2n) is 12.2. The Balaban J connectivity index is 0.000000211. The van der Waals surface area contributed by atoms with Crippen LogP contribution < -0.4 is 30.0 Å². The van der Waals surface area contributed by atoms with E-state index in [1.165, 1.54) is 20.7 Å². The lowest BCUT2D eigenvalue weighted by Crippen LogP contribution is -2.69. The minimum atomic E-state index is -1.59. The van der Waals surface area contributed by atoms with Gasteiger partial charge in [-0.15, -0.1) is 0 Å². The summed E-state index contributed by atoms with van der Waals surface area (Å²) in [5.74, 6) is 0. The summed E-state index contributed by atoms with van der Waals surface area (Å²) in [4.78, 5) is 0. The van der Waals surface area contributed by atoms with Crippen molar-refractivity contribution in [3.8, 4) is 0 Å². The summed E-state index contributed by atoms with van der Waals surface area (Å²) in [7, 11) is -6.34. The average molecular weight is 571 g/mol. The lowest BCUT2D eigenvalue weighted by molar-refractivity contribution is 1.34. The van der Waals surface area contributed by atoms with E-state index in [0.717, 1.165) is 0 Å². The molecule has 0 aromatic heterocycles. The molecular weight excluding hydrogens is 525 g/mol. The summed E-state index contributed by atoms with van der Waals surface area (Å²) < 4.78 is 8.09. The molecule has 2 N–H and O–H groups in total. The van der Waals surface area contributed by atoms with Crippen molar-refractivity contribution >= 4 is 53.7 Å². The van der Waals surface area contributed by atoms with Gasteiger partial charge in [0.15, 0.2) is 0 Å². The molecule has 0 aliphatic heterocycles. The SMILES string of the molecule is C[Si](C)(N[Si](C)(C)c1ccccc1)c1ccccc1.C[Si](C)(N[Si](C)(C)c1ccccc1)c1ccccc1. The Labute approximate surface area is 235 Å². The zero-order valence-corrected chi connectivity index (χ0v) is 28.5. The molecule has 4 rings (SSSR count). The molecule has 0 aliphatic rings. The number of hydrogen-bond acceptors (Lipinski definition) is 2. The molecule has 38 heavy (non-hydrogen) atoms. The molecule has 0 bridgehead atoms. The molecule has 0 heterocycles. The molecule has 0 saturated heterocycles. The fourth-order valence-electron chi connectivity index (χ4n) is 5.27. The third-order valence-corrected chi connectivity index (χ3v) is 24.3. The summed E-state index contributed by atoms with van der Waals surface area (Å²) in [5.41, 5.74) is 0. The third-order valence-electron chi connectivity index (χ3n) is 7.23. The predicted molar refractivity (Wildman–Crippen MR) is 181 cm³/mol. The van der Waals surface area contributed by atoms with Gasteiger partial charge in [-0.3, -0.25) is 0 Å². The monoisotopic (exact) mass is 570 g/mol. The van der Waals surface area contributed by atoms with Gasteiger partial charge in [-0.05, 0) is 20.7 Å². The molecular formula is C32H46N2Si4. The van der Waals surface area contributed by atoms with Gasteiger partial charge >= 0.3 is 0 Å². The van der Waals surface area contributed by atoms with Crippen LogP contribution in [0.15, 0.2) is 121 Å². The maximum absolute atomic E-state index is 4.04. The highest BCUT2D eigenvalue weighted by atomic mass is 28.4. The Hall–Kier alpha value is -2.33. The quantitative estimate of drug-likeness (QED) is 0.270. The zero-order valence-electron chi connectivity index (χ0n) is 24.5. The van der Waals surface area contributed by atoms with Crippen molar-refractivity contribution in [2.75, 3.05) is 0 Å².